The highest BCUT2D eigenvalue weighted by Crippen LogP contribution is 2.35. The monoisotopic (exact) mass is 371 g/mol. The lowest BCUT2D eigenvalue weighted by Crippen LogP contribution is -2.16. The van der Waals surface area contributed by atoms with Crippen molar-refractivity contribution in [2.45, 2.75) is 6.18 Å². The summed E-state index contributed by atoms with van der Waals surface area (Å²) in [5, 5.41) is 5.30. The van der Waals surface area contributed by atoms with Crippen LogP contribution in [0.4, 0.5) is 18.9 Å². The Morgan fingerprint density at radius 1 is 1.23 bits per heavy atom. The Kier molecular flexibility index (Phi) is 4.60. The number of aromatic nitrogens is 2. The Bertz CT molecular complexity index is 743. The second kappa shape index (κ2) is 5.98. The smallest absolute Gasteiger partial charge is 0.321 e. The molecule has 0 saturated carbocycles. The van der Waals surface area contributed by atoms with Crippen LogP contribution in [0.3, 0.4) is 0 Å². The van der Waals surface area contributed by atoms with E-state index in [-0.39, 0.29) is 15.7 Å². The van der Waals surface area contributed by atoms with E-state index < -0.39 is 28.5 Å². The number of hydrogen-bond donors (Lipinski definition) is 1. The average Bonchev–Trinajstić information content (AvgIpc) is 2.69. The van der Waals surface area contributed by atoms with Gasteiger partial charge in [-0.1, -0.05) is 34.8 Å². The van der Waals surface area contributed by atoms with E-state index >= 15 is 0 Å². The highest BCUT2D eigenvalue weighted by molar-refractivity contribution is 6.42. The van der Waals surface area contributed by atoms with Gasteiger partial charge in [-0.05, 0) is 18.2 Å². The van der Waals surface area contributed by atoms with Crippen molar-refractivity contribution in [3.63, 3.8) is 0 Å². The lowest BCUT2D eigenvalue weighted by atomic mass is 10.3. The first-order valence-corrected chi connectivity index (χ1v) is 6.80. The molecule has 2 rings (SSSR count). The van der Waals surface area contributed by atoms with Gasteiger partial charge < -0.3 is 5.32 Å². The second-order valence-electron chi connectivity index (χ2n) is 4.22. The molecule has 0 atom stereocenters. The molecule has 0 bridgehead atoms. The average molecular weight is 373 g/mol. The van der Waals surface area contributed by atoms with Gasteiger partial charge in [-0.2, -0.15) is 18.3 Å². The summed E-state index contributed by atoms with van der Waals surface area (Å²) >= 11 is 17.1. The van der Waals surface area contributed by atoms with Gasteiger partial charge in [-0.15, -0.1) is 0 Å². The molecule has 0 aliphatic carbocycles. The molecule has 1 aromatic heterocycles. The van der Waals surface area contributed by atoms with Crippen molar-refractivity contribution in [2.75, 3.05) is 5.32 Å². The second-order valence-corrected chi connectivity index (χ2v) is 5.41. The standard InChI is InChI=1S/C12H7Cl3F3N3O/c1-21-9(8(15)10(20-21)12(16,17)18)11(22)19-5-2-3-6(13)7(14)4-5/h2-4H,1H3,(H,19,22). The van der Waals surface area contributed by atoms with E-state index in [1.165, 1.54) is 25.2 Å². The molecule has 0 unspecified atom stereocenters. The molecule has 4 nitrogen and oxygen atoms in total. The lowest BCUT2D eigenvalue weighted by molar-refractivity contribution is -0.141. The van der Waals surface area contributed by atoms with Gasteiger partial charge in [-0.25, -0.2) is 0 Å². The van der Waals surface area contributed by atoms with Gasteiger partial charge in [0.1, 0.15) is 10.7 Å². The van der Waals surface area contributed by atoms with E-state index in [0.717, 1.165) is 4.68 Å². The number of hydrogen-bond acceptors (Lipinski definition) is 2. The van der Waals surface area contributed by atoms with Gasteiger partial charge in [-0.3, -0.25) is 9.48 Å². The summed E-state index contributed by atoms with van der Waals surface area (Å²) < 4.78 is 38.9. The van der Waals surface area contributed by atoms with Crippen LogP contribution in [-0.2, 0) is 13.2 Å². The van der Waals surface area contributed by atoms with Crippen molar-refractivity contribution in [1.29, 1.82) is 0 Å². The van der Waals surface area contributed by atoms with Crippen LogP contribution < -0.4 is 5.32 Å². The summed E-state index contributed by atoms with van der Waals surface area (Å²) in [5.74, 6) is -0.853. The van der Waals surface area contributed by atoms with Crippen LogP contribution >= 0.6 is 34.8 Å². The summed E-state index contributed by atoms with van der Waals surface area (Å²) in [6, 6.07) is 4.24. The zero-order valence-corrected chi connectivity index (χ0v) is 13.1. The lowest BCUT2D eigenvalue weighted by Gasteiger charge is -2.07. The van der Waals surface area contributed by atoms with Crippen molar-refractivity contribution in [3.05, 3.63) is 44.7 Å². The van der Waals surface area contributed by atoms with E-state index in [0.29, 0.717) is 0 Å². The molecule has 22 heavy (non-hydrogen) atoms. The van der Waals surface area contributed by atoms with Gasteiger partial charge in [0.25, 0.3) is 5.91 Å². The van der Waals surface area contributed by atoms with Crippen molar-refractivity contribution < 1.29 is 18.0 Å². The summed E-state index contributed by atoms with van der Waals surface area (Å²) in [4.78, 5) is 12.1. The Morgan fingerprint density at radius 2 is 1.86 bits per heavy atom. The molecule has 118 valence electrons. The number of nitrogens with one attached hydrogen (secondary N) is 1. The number of nitrogens with zero attached hydrogens (tertiary/aromatic N) is 2. The molecule has 0 radical (unpaired) electrons. The van der Waals surface area contributed by atoms with Crippen LogP contribution in [0, 0.1) is 0 Å². The Hall–Kier alpha value is -1.44. The quantitative estimate of drug-likeness (QED) is 0.834. The number of carbonyl (C=O) groups excluding carboxylic acids is 1. The van der Waals surface area contributed by atoms with E-state index in [4.69, 9.17) is 34.8 Å². The number of benzene rings is 1. The fraction of sp³-hybridized carbons (Fsp3) is 0.167. The largest absolute Gasteiger partial charge is 0.436 e. The molecule has 2 aromatic rings. The van der Waals surface area contributed by atoms with Gasteiger partial charge in [0.15, 0.2) is 5.69 Å². The van der Waals surface area contributed by atoms with Crippen molar-refractivity contribution in [3.8, 4) is 0 Å². The van der Waals surface area contributed by atoms with Crippen LogP contribution in [-0.4, -0.2) is 15.7 Å². The molecular formula is C12H7Cl3F3N3O. The first-order valence-electron chi connectivity index (χ1n) is 5.67. The van der Waals surface area contributed by atoms with Crippen LogP contribution in [0.15, 0.2) is 18.2 Å². The Labute approximate surface area is 137 Å². The molecule has 1 aromatic carbocycles. The Morgan fingerprint density at radius 3 is 2.36 bits per heavy atom. The highest BCUT2D eigenvalue weighted by atomic mass is 35.5. The van der Waals surface area contributed by atoms with Gasteiger partial charge in [0.2, 0.25) is 0 Å². The zero-order valence-electron chi connectivity index (χ0n) is 10.8. The predicted octanol–water partition coefficient (Wildman–Crippen LogP) is 4.65. The maximum Gasteiger partial charge on any atom is 0.436 e. The number of anilines is 1. The van der Waals surface area contributed by atoms with E-state index in [9.17, 15) is 18.0 Å². The molecule has 0 aliphatic heterocycles. The number of amides is 1. The van der Waals surface area contributed by atoms with Gasteiger partial charge in [0, 0.05) is 12.7 Å². The number of rotatable bonds is 2. The summed E-state index contributed by atoms with van der Waals surface area (Å²) in [5.41, 5.74) is -1.48. The molecule has 0 fully saturated rings. The number of aryl methyl sites for hydroxylation is 1. The first-order chi connectivity index (χ1) is 10.1. The highest BCUT2D eigenvalue weighted by Gasteiger charge is 2.39. The first kappa shape index (κ1) is 16.9. The SMILES string of the molecule is Cn1nc(C(F)(F)F)c(Cl)c1C(=O)Nc1ccc(Cl)c(Cl)c1. The van der Waals surface area contributed by atoms with Crippen LogP contribution in [0.25, 0.3) is 0 Å². The molecule has 10 heteroatoms. The third-order valence-corrected chi connectivity index (χ3v) is 3.75. The fourth-order valence-corrected chi connectivity index (χ4v) is 2.34. The predicted molar refractivity (Wildman–Crippen MR) is 77.6 cm³/mol. The van der Waals surface area contributed by atoms with E-state index in [2.05, 4.69) is 10.4 Å². The minimum Gasteiger partial charge on any atom is -0.321 e. The fourth-order valence-electron chi connectivity index (χ4n) is 1.69. The molecule has 1 amide bonds. The normalized spacial score (nSPS) is 11.6. The zero-order chi connectivity index (χ0) is 16.7. The topological polar surface area (TPSA) is 46.9 Å². The van der Waals surface area contributed by atoms with Crippen molar-refractivity contribution in [1.82, 2.24) is 9.78 Å². The van der Waals surface area contributed by atoms with Crippen LogP contribution in [0.2, 0.25) is 15.1 Å². The summed E-state index contributed by atoms with van der Waals surface area (Å²) in [6.07, 6.45) is -4.75. The molecule has 0 saturated heterocycles. The Balaban J connectivity index is 2.34. The minimum absolute atomic E-state index is 0.187. The maximum atomic E-state index is 12.7. The van der Waals surface area contributed by atoms with E-state index in [1.807, 2.05) is 0 Å². The molecule has 1 N–H and O–H groups in total. The number of halogens is 6. The van der Waals surface area contributed by atoms with Crippen molar-refractivity contribution in [2.24, 2.45) is 7.05 Å². The third kappa shape index (κ3) is 3.31. The van der Waals surface area contributed by atoms with Crippen LogP contribution in [0.5, 0.6) is 0 Å². The van der Waals surface area contributed by atoms with Gasteiger partial charge >= 0.3 is 6.18 Å². The molecular weight excluding hydrogens is 366 g/mol. The molecule has 1 heterocycles. The number of alkyl halides is 3. The summed E-state index contributed by atoms with van der Waals surface area (Å²) in [6.45, 7) is 0. The maximum absolute atomic E-state index is 12.7. The molecule has 0 aliphatic rings. The van der Waals surface area contributed by atoms with E-state index in [1.54, 1.807) is 0 Å². The van der Waals surface area contributed by atoms with Gasteiger partial charge in [0.05, 0.1) is 10.0 Å². The third-order valence-electron chi connectivity index (χ3n) is 2.65. The van der Waals surface area contributed by atoms with Crippen LogP contribution in [0.1, 0.15) is 16.2 Å². The number of carbonyl (C=O) groups is 1. The summed E-state index contributed by atoms with van der Waals surface area (Å²) in [7, 11) is 1.19. The molecule has 0 spiro atoms. The minimum atomic E-state index is -4.75. The van der Waals surface area contributed by atoms with Crippen molar-refractivity contribution >= 4 is 46.4 Å².